The first kappa shape index (κ1) is 14.4. The van der Waals surface area contributed by atoms with Crippen LogP contribution in [0.1, 0.15) is 12.5 Å². The Balaban J connectivity index is 1.88. The molecule has 0 saturated carbocycles. The molecule has 0 radical (unpaired) electrons. The van der Waals surface area contributed by atoms with Gasteiger partial charge in [-0.3, -0.25) is 4.79 Å². The summed E-state index contributed by atoms with van der Waals surface area (Å²) >= 11 is 1.25. The zero-order chi connectivity index (χ0) is 14.4. The highest BCUT2D eigenvalue weighted by Crippen LogP contribution is 2.19. The molecule has 4 nitrogen and oxygen atoms in total. The zero-order valence-corrected chi connectivity index (χ0v) is 12.0. The van der Waals surface area contributed by atoms with Gasteiger partial charge >= 0.3 is 0 Å². The van der Waals surface area contributed by atoms with Crippen molar-refractivity contribution in [2.75, 3.05) is 0 Å². The van der Waals surface area contributed by atoms with Crippen LogP contribution < -0.4 is 10.0 Å². The monoisotopic (exact) mass is 288 g/mol. The van der Waals surface area contributed by atoms with Crippen molar-refractivity contribution in [2.24, 2.45) is 0 Å². The van der Waals surface area contributed by atoms with E-state index >= 15 is 0 Å². The van der Waals surface area contributed by atoms with E-state index in [0.29, 0.717) is 11.6 Å². The van der Waals surface area contributed by atoms with Crippen LogP contribution in [0.25, 0.3) is 0 Å². The molecule has 104 valence electrons. The summed E-state index contributed by atoms with van der Waals surface area (Å²) in [7, 11) is 0. The molecule has 1 aromatic carbocycles. The van der Waals surface area contributed by atoms with Gasteiger partial charge in [-0.25, -0.2) is 0 Å². The predicted molar refractivity (Wildman–Crippen MR) is 79.0 cm³/mol. The molecule has 0 aliphatic carbocycles. The first-order chi connectivity index (χ1) is 9.66. The summed E-state index contributed by atoms with van der Waals surface area (Å²) in [6, 6.07) is 14.9. The summed E-state index contributed by atoms with van der Waals surface area (Å²) in [5.41, 5.74) is 1.05. The number of hydrogen-bond acceptors (Lipinski definition) is 3. The number of pyridine rings is 1. The van der Waals surface area contributed by atoms with Crippen LogP contribution in [0.5, 0.6) is 0 Å². The van der Waals surface area contributed by atoms with Crippen LogP contribution in [-0.4, -0.2) is 11.2 Å². The van der Waals surface area contributed by atoms with Crippen LogP contribution in [0.15, 0.2) is 59.8 Å². The molecule has 0 bridgehead atoms. The van der Waals surface area contributed by atoms with Gasteiger partial charge in [-0.1, -0.05) is 30.3 Å². The maximum atomic E-state index is 12.0. The van der Waals surface area contributed by atoms with Gasteiger partial charge in [-0.2, -0.15) is 4.73 Å². The Morgan fingerprint density at radius 1 is 1.25 bits per heavy atom. The molecular weight excluding hydrogens is 272 g/mol. The summed E-state index contributed by atoms with van der Waals surface area (Å²) < 4.78 is 0.769. The van der Waals surface area contributed by atoms with Crippen molar-refractivity contribution in [3.63, 3.8) is 0 Å². The van der Waals surface area contributed by atoms with Gasteiger partial charge in [0.05, 0.1) is 5.25 Å². The number of benzene rings is 1. The minimum absolute atomic E-state index is 0.0808. The van der Waals surface area contributed by atoms with Crippen molar-refractivity contribution < 1.29 is 9.52 Å². The van der Waals surface area contributed by atoms with E-state index in [2.05, 4.69) is 5.32 Å². The normalized spacial score (nSPS) is 11.8. The van der Waals surface area contributed by atoms with E-state index in [1.54, 1.807) is 25.1 Å². The summed E-state index contributed by atoms with van der Waals surface area (Å²) in [5, 5.41) is 14.6. The van der Waals surface area contributed by atoms with E-state index < -0.39 is 0 Å². The third-order valence-corrected chi connectivity index (χ3v) is 3.89. The Morgan fingerprint density at radius 2 is 1.95 bits per heavy atom. The molecule has 2 aromatic rings. The lowest BCUT2D eigenvalue weighted by Gasteiger charge is -2.11. The Hall–Kier alpha value is -2.01. The maximum Gasteiger partial charge on any atom is 0.252 e. The SMILES string of the molecule is C[C@@H](Sc1cccc[n+]1[O-])C(=O)NCc1ccccc1. The van der Waals surface area contributed by atoms with E-state index in [1.165, 1.54) is 18.0 Å². The van der Waals surface area contributed by atoms with Crippen LogP contribution in [-0.2, 0) is 11.3 Å². The summed E-state index contributed by atoms with van der Waals surface area (Å²) in [4.78, 5) is 12.0. The Morgan fingerprint density at radius 3 is 2.65 bits per heavy atom. The van der Waals surface area contributed by atoms with E-state index in [9.17, 15) is 10.0 Å². The maximum absolute atomic E-state index is 12.0. The lowest BCUT2D eigenvalue weighted by atomic mass is 10.2. The van der Waals surface area contributed by atoms with E-state index in [1.807, 2.05) is 30.3 Å². The molecule has 0 fully saturated rings. The molecule has 5 heteroatoms. The molecule has 20 heavy (non-hydrogen) atoms. The van der Waals surface area contributed by atoms with Gasteiger partial charge in [0.25, 0.3) is 5.03 Å². The number of nitrogens with zero attached hydrogens (tertiary/aromatic N) is 1. The van der Waals surface area contributed by atoms with Gasteiger partial charge in [-0.05, 0) is 30.3 Å². The highest BCUT2D eigenvalue weighted by molar-refractivity contribution is 8.00. The third-order valence-electron chi connectivity index (χ3n) is 2.76. The first-order valence-corrected chi connectivity index (χ1v) is 7.21. The number of carbonyl (C=O) groups excluding carboxylic acids is 1. The van der Waals surface area contributed by atoms with Gasteiger partial charge in [0.1, 0.15) is 0 Å². The van der Waals surface area contributed by atoms with Gasteiger partial charge < -0.3 is 10.5 Å². The molecule has 0 unspecified atom stereocenters. The van der Waals surface area contributed by atoms with Crippen molar-refractivity contribution in [3.05, 3.63) is 65.5 Å². The lowest BCUT2D eigenvalue weighted by molar-refractivity contribution is -0.645. The topological polar surface area (TPSA) is 56.0 Å². The van der Waals surface area contributed by atoms with Crippen molar-refractivity contribution in [1.29, 1.82) is 0 Å². The second-order valence-electron chi connectivity index (χ2n) is 4.33. The van der Waals surface area contributed by atoms with Gasteiger partial charge in [-0.15, -0.1) is 0 Å². The highest BCUT2D eigenvalue weighted by Gasteiger charge is 2.18. The highest BCUT2D eigenvalue weighted by atomic mass is 32.2. The second-order valence-corrected chi connectivity index (χ2v) is 5.69. The molecule has 0 spiro atoms. The summed E-state index contributed by atoms with van der Waals surface area (Å²) in [6.07, 6.45) is 1.43. The summed E-state index contributed by atoms with van der Waals surface area (Å²) in [5.74, 6) is -0.0808. The van der Waals surface area contributed by atoms with Gasteiger partial charge in [0, 0.05) is 18.7 Å². The van der Waals surface area contributed by atoms with Crippen LogP contribution in [0, 0.1) is 5.21 Å². The summed E-state index contributed by atoms with van der Waals surface area (Å²) in [6.45, 7) is 2.29. The molecule has 1 N–H and O–H groups in total. The van der Waals surface area contributed by atoms with Gasteiger partial charge in [0.15, 0.2) is 6.20 Å². The van der Waals surface area contributed by atoms with Crippen molar-refractivity contribution in [3.8, 4) is 0 Å². The first-order valence-electron chi connectivity index (χ1n) is 6.33. The average molecular weight is 288 g/mol. The van der Waals surface area contributed by atoms with E-state index in [0.717, 1.165) is 10.3 Å². The Kier molecular flexibility index (Phi) is 5.01. The van der Waals surface area contributed by atoms with Crippen LogP contribution in [0.3, 0.4) is 0 Å². The molecule has 0 saturated heterocycles. The largest absolute Gasteiger partial charge is 0.618 e. The standard InChI is InChI=1S/C15H16N2O2S/c1-12(20-14-9-5-6-10-17(14)19)15(18)16-11-13-7-3-2-4-8-13/h2-10,12H,11H2,1H3,(H,16,18)/t12-/m1/s1. The number of thioether (sulfide) groups is 1. The Bertz CT molecular complexity index is 575. The fourth-order valence-electron chi connectivity index (χ4n) is 1.67. The number of rotatable bonds is 5. The van der Waals surface area contributed by atoms with E-state index in [4.69, 9.17) is 0 Å². The second kappa shape index (κ2) is 6.96. The van der Waals surface area contributed by atoms with Crippen molar-refractivity contribution in [2.45, 2.75) is 23.7 Å². The minimum Gasteiger partial charge on any atom is -0.618 e. The number of amides is 1. The number of carbonyl (C=O) groups is 1. The van der Waals surface area contributed by atoms with Crippen molar-refractivity contribution >= 4 is 17.7 Å². The lowest BCUT2D eigenvalue weighted by Crippen LogP contribution is -2.33. The molecule has 2 rings (SSSR count). The van der Waals surface area contributed by atoms with Crippen molar-refractivity contribution in [1.82, 2.24) is 5.32 Å². The Labute approximate surface area is 122 Å². The fraction of sp³-hybridized carbons (Fsp3) is 0.200. The zero-order valence-electron chi connectivity index (χ0n) is 11.2. The minimum atomic E-state index is -0.318. The molecule has 0 aliphatic heterocycles. The average Bonchev–Trinajstić information content (AvgIpc) is 2.48. The van der Waals surface area contributed by atoms with Gasteiger partial charge in [0.2, 0.25) is 5.91 Å². The van der Waals surface area contributed by atoms with Crippen LogP contribution in [0.2, 0.25) is 0 Å². The number of hydrogen-bond donors (Lipinski definition) is 1. The number of aromatic nitrogens is 1. The molecule has 1 aromatic heterocycles. The van der Waals surface area contributed by atoms with E-state index in [-0.39, 0.29) is 11.2 Å². The fourth-order valence-corrected chi connectivity index (χ4v) is 2.54. The molecule has 1 amide bonds. The van der Waals surface area contributed by atoms with Crippen LogP contribution >= 0.6 is 11.8 Å². The molecule has 0 aliphatic rings. The molecular formula is C15H16N2O2S. The number of nitrogens with one attached hydrogen (secondary N) is 1. The van der Waals surface area contributed by atoms with Crippen LogP contribution in [0.4, 0.5) is 0 Å². The molecule has 1 atom stereocenters. The third kappa shape index (κ3) is 3.99. The molecule has 1 heterocycles. The quantitative estimate of drug-likeness (QED) is 0.521. The smallest absolute Gasteiger partial charge is 0.252 e. The predicted octanol–water partition coefficient (Wildman–Crippen LogP) is 2.12.